The molecule has 2 aromatic heterocycles. The molecule has 0 aliphatic carbocycles. The summed E-state index contributed by atoms with van der Waals surface area (Å²) in [6, 6.07) is 13.5. The second kappa shape index (κ2) is 10.8. The van der Waals surface area contributed by atoms with E-state index in [1.165, 1.54) is 18.2 Å². The number of aromatic hydroxyl groups is 1. The zero-order valence-electron chi connectivity index (χ0n) is 18.2. The van der Waals surface area contributed by atoms with E-state index in [2.05, 4.69) is 36.1 Å². The van der Waals surface area contributed by atoms with E-state index < -0.39 is 22.7 Å². The van der Waals surface area contributed by atoms with Gasteiger partial charge in [0.05, 0.1) is 26.8 Å². The van der Waals surface area contributed by atoms with Gasteiger partial charge >= 0.3 is 6.18 Å². The lowest BCUT2D eigenvalue weighted by Gasteiger charge is -2.13. The van der Waals surface area contributed by atoms with E-state index >= 15 is 0 Å². The first kappa shape index (κ1) is 25.1. The SMILES string of the molecule is O=S(NCCCCNc1cc(-c2ccccc2O)nc2c(Br)cnn12)c1ccccc1C(F)(F)F. The molecule has 0 fully saturated rings. The summed E-state index contributed by atoms with van der Waals surface area (Å²) in [6.45, 7) is 0.812. The van der Waals surface area contributed by atoms with Crippen LogP contribution in [0.1, 0.15) is 18.4 Å². The average molecular weight is 568 g/mol. The number of hydrogen-bond acceptors (Lipinski definition) is 5. The predicted octanol–water partition coefficient (Wildman–Crippen LogP) is 5.39. The maximum absolute atomic E-state index is 13.1. The van der Waals surface area contributed by atoms with Gasteiger partial charge in [0.2, 0.25) is 0 Å². The summed E-state index contributed by atoms with van der Waals surface area (Å²) < 4.78 is 56.7. The predicted molar refractivity (Wildman–Crippen MR) is 131 cm³/mol. The minimum atomic E-state index is -4.56. The number of halogens is 4. The molecule has 1 atom stereocenters. The molecule has 3 N–H and O–H groups in total. The molecule has 1 unspecified atom stereocenters. The van der Waals surface area contributed by atoms with Crippen LogP contribution in [0, 0.1) is 0 Å². The molecule has 7 nitrogen and oxygen atoms in total. The highest BCUT2D eigenvalue weighted by atomic mass is 79.9. The number of aromatic nitrogens is 3. The maximum atomic E-state index is 13.1. The Bertz CT molecular complexity index is 1360. The molecule has 0 saturated heterocycles. The fourth-order valence-corrected chi connectivity index (χ4v) is 4.88. The first-order chi connectivity index (χ1) is 16.8. The Morgan fingerprint density at radius 2 is 1.77 bits per heavy atom. The number of benzene rings is 2. The summed E-state index contributed by atoms with van der Waals surface area (Å²) in [5, 5.41) is 17.8. The molecule has 0 saturated carbocycles. The van der Waals surface area contributed by atoms with Crippen molar-refractivity contribution in [1.29, 1.82) is 0 Å². The lowest BCUT2D eigenvalue weighted by atomic mass is 10.1. The van der Waals surface area contributed by atoms with Crippen LogP contribution in [0.3, 0.4) is 0 Å². The average Bonchev–Trinajstić information content (AvgIpc) is 3.21. The third-order valence-corrected chi connectivity index (χ3v) is 6.92. The van der Waals surface area contributed by atoms with Gasteiger partial charge in [-0.05, 0) is 53.0 Å². The van der Waals surface area contributed by atoms with Crippen molar-refractivity contribution < 1.29 is 22.5 Å². The molecule has 0 radical (unpaired) electrons. The molecule has 4 rings (SSSR count). The number of nitrogens with one attached hydrogen (secondary N) is 2. The number of unbranched alkanes of at least 4 members (excludes halogenated alkanes) is 1. The molecular weight excluding hydrogens is 547 g/mol. The zero-order valence-corrected chi connectivity index (χ0v) is 20.6. The van der Waals surface area contributed by atoms with Gasteiger partial charge in [0.15, 0.2) is 5.65 Å². The van der Waals surface area contributed by atoms with Gasteiger partial charge in [-0.3, -0.25) is 0 Å². The lowest BCUT2D eigenvalue weighted by Crippen LogP contribution is -2.22. The van der Waals surface area contributed by atoms with Gasteiger partial charge in [0, 0.05) is 24.7 Å². The van der Waals surface area contributed by atoms with Crippen LogP contribution < -0.4 is 10.0 Å². The number of rotatable bonds is 9. The fraction of sp³-hybridized carbons (Fsp3) is 0.217. The fourth-order valence-electron chi connectivity index (χ4n) is 3.46. The third kappa shape index (κ3) is 5.82. The largest absolute Gasteiger partial charge is 0.507 e. The lowest BCUT2D eigenvalue weighted by molar-refractivity contribution is -0.139. The van der Waals surface area contributed by atoms with Crippen molar-refractivity contribution in [2.45, 2.75) is 23.9 Å². The number of hydrogen-bond donors (Lipinski definition) is 3. The number of phenols is 1. The van der Waals surface area contributed by atoms with Crippen molar-refractivity contribution in [2.24, 2.45) is 0 Å². The second-order valence-electron chi connectivity index (χ2n) is 7.56. The smallest absolute Gasteiger partial charge is 0.417 e. The van der Waals surface area contributed by atoms with Gasteiger partial charge in [-0.2, -0.15) is 22.8 Å². The van der Waals surface area contributed by atoms with Crippen molar-refractivity contribution in [3.63, 3.8) is 0 Å². The van der Waals surface area contributed by atoms with Gasteiger partial charge < -0.3 is 10.4 Å². The Morgan fingerprint density at radius 1 is 1.06 bits per heavy atom. The topological polar surface area (TPSA) is 91.5 Å². The number of alkyl halides is 3. The molecule has 12 heteroatoms. The summed E-state index contributed by atoms with van der Waals surface area (Å²) in [5.41, 5.74) is 0.824. The summed E-state index contributed by atoms with van der Waals surface area (Å²) >= 11 is 3.44. The Hall–Kier alpha value is -2.96. The highest BCUT2D eigenvalue weighted by molar-refractivity contribution is 9.10. The molecule has 0 bridgehead atoms. The Balaban J connectivity index is 1.37. The standard InChI is InChI=1S/C23H21BrF3N5O2S/c24-17-14-29-32-21(13-18(31-22(17)32)15-7-1-3-9-19(15)33)28-11-5-6-12-30-35(34)20-10-4-2-8-16(20)23(25,26)27/h1-4,7-10,13-14,28,30,33H,5-6,11-12H2. The van der Waals surface area contributed by atoms with Crippen LogP contribution in [0.5, 0.6) is 5.75 Å². The minimum absolute atomic E-state index is 0.108. The van der Waals surface area contributed by atoms with E-state index in [9.17, 15) is 22.5 Å². The summed E-state index contributed by atoms with van der Waals surface area (Å²) in [4.78, 5) is 4.31. The summed E-state index contributed by atoms with van der Waals surface area (Å²) in [6.07, 6.45) is -1.70. The van der Waals surface area contributed by atoms with Crippen molar-refractivity contribution in [1.82, 2.24) is 19.3 Å². The summed E-state index contributed by atoms with van der Waals surface area (Å²) in [7, 11) is -1.97. The van der Waals surface area contributed by atoms with E-state index in [4.69, 9.17) is 0 Å². The zero-order chi connectivity index (χ0) is 25.0. The molecule has 0 amide bonds. The van der Waals surface area contributed by atoms with Crippen LogP contribution in [-0.4, -0.2) is 37.0 Å². The highest BCUT2D eigenvalue weighted by Crippen LogP contribution is 2.33. The molecule has 4 aromatic rings. The number of fused-ring (bicyclic) bond motifs is 1. The molecule has 0 spiro atoms. The van der Waals surface area contributed by atoms with E-state index in [0.717, 1.165) is 6.07 Å². The molecule has 184 valence electrons. The molecule has 2 heterocycles. The molecular formula is C23H21BrF3N5O2S. The van der Waals surface area contributed by atoms with Crippen molar-refractivity contribution >= 4 is 38.4 Å². The normalized spacial score (nSPS) is 12.7. The van der Waals surface area contributed by atoms with Gasteiger partial charge in [0.25, 0.3) is 0 Å². The Morgan fingerprint density at radius 3 is 2.54 bits per heavy atom. The van der Waals surface area contributed by atoms with E-state index in [1.807, 2.05) is 6.07 Å². The molecule has 0 aliphatic rings. The van der Waals surface area contributed by atoms with E-state index in [0.29, 0.717) is 46.6 Å². The summed E-state index contributed by atoms with van der Waals surface area (Å²) in [5.74, 6) is 0.770. The first-order valence-corrected chi connectivity index (χ1v) is 12.6. The Kier molecular flexibility index (Phi) is 7.72. The van der Waals surface area contributed by atoms with Crippen LogP contribution in [0.25, 0.3) is 16.9 Å². The van der Waals surface area contributed by atoms with Gasteiger partial charge in [0.1, 0.15) is 22.6 Å². The molecule has 35 heavy (non-hydrogen) atoms. The van der Waals surface area contributed by atoms with Crippen molar-refractivity contribution in [2.75, 3.05) is 18.4 Å². The first-order valence-electron chi connectivity index (χ1n) is 10.6. The van der Waals surface area contributed by atoms with E-state index in [-0.39, 0.29) is 17.2 Å². The quantitative estimate of drug-likeness (QED) is 0.236. The Labute approximate surface area is 210 Å². The minimum Gasteiger partial charge on any atom is -0.507 e. The third-order valence-electron chi connectivity index (χ3n) is 5.14. The van der Waals surface area contributed by atoms with Crippen LogP contribution in [0.4, 0.5) is 19.0 Å². The van der Waals surface area contributed by atoms with E-state index in [1.54, 1.807) is 35.0 Å². The van der Waals surface area contributed by atoms with Gasteiger partial charge in [-0.15, -0.1) is 0 Å². The van der Waals surface area contributed by atoms with Crippen LogP contribution in [0.2, 0.25) is 0 Å². The molecule has 0 aliphatic heterocycles. The van der Waals surface area contributed by atoms with Crippen LogP contribution in [0.15, 0.2) is 70.2 Å². The number of para-hydroxylation sites is 1. The second-order valence-corrected chi connectivity index (χ2v) is 9.68. The van der Waals surface area contributed by atoms with Gasteiger partial charge in [-0.25, -0.2) is 13.9 Å². The van der Waals surface area contributed by atoms with Crippen molar-refractivity contribution in [3.05, 3.63) is 70.8 Å². The maximum Gasteiger partial charge on any atom is 0.417 e. The number of phenolic OH excluding ortho intramolecular Hbond substituents is 1. The van der Waals surface area contributed by atoms with Crippen LogP contribution >= 0.6 is 15.9 Å². The molecule has 2 aromatic carbocycles. The van der Waals surface area contributed by atoms with Crippen LogP contribution in [-0.2, 0) is 17.2 Å². The van der Waals surface area contributed by atoms with Gasteiger partial charge in [-0.1, -0.05) is 24.3 Å². The monoisotopic (exact) mass is 567 g/mol. The number of nitrogens with zero attached hydrogens (tertiary/aromatic N) is 3. The van der Waals surface area contributed by atoms with Crippen molar-refractivity contribution in [3.8, 4) is 17.0 Å². The highest BCUT2D eigenvalue weighted by Gasteiger charge is 2.34. The number of anilines is 1.